The van der Waals surface area contributed by atoms with Crippen molar-refractivity contribution in [3.8, 4) is 0 Å². The molecule has 30 heavy (non-hydrogen) atoms. The molecule has 3 aliphatic heterocycles. The quantitative estimate of drug-likeness (QED) is 0.399. The van der Waals surface area contributed by atoms with Crippen LogP contribution in [0.2, 0.25) is 0 Å². The maximum Gasteiger partial charge on any atom is 0.248 e. The number of hydrogen-bond donors (Lipinski definition) is 4. The Morgan fingerprint density at radius 1 is 0.867 bits per heavy atom. The van der Waals surface area contributed by atoms with Gasteiger partial charge in [0.1, 0.15) is 23.9 Å². The van der Waals surface area contributed by atoms with Crippen molar-refractivity contribution in [1.82, 2.24) is 9.80 Å². The van der Waals surface area contributed by atoms with Crippen LogP contribution in [0.25, 0.3) is 0 Å². The van der Waals surface area contributed by atoms with E-state index < -0.39 is 47.7 Å². The lowest BCUT2D eigenvalue weighted by molar-refractivity contribution is -0.142. The molecule has 3 heterocycles. The minimum Gasteiger partial charge on any atom is -0.367 e. The van der Waals surface area contributed by atoms with Crippen molar-refractivity contribution in [3.05, 3.63) is 0 Å². The zero-order valence-corrected chi connectivity index (χ0v) is 17.6. The molecule has 3 saturated heterocycles. The number of piperazine rings is 1. The first-order valence-corrected chi connectivity index (χ1v) is 9.73. The Morgan fingerprint density at radius 3 is 1.43 bits per heavy atom. The largest absolute Gasteiger partial charge is 0.367 e. The molecule has 0 spiro atoms. The van der Waals surface area contributed by atoms with E-state index in [4.69, 9.17) is 41.2 Å². The van der Waals surface area contributed by atoms with Crippen LogP contribution in [0.5, 0.6) is 0 Å². The van der Waals surface area contributed by atoms with E-state index in [0.717, 1.165) is 0 Å². The molecule has 0 aromatic carbocycles. The number of ether oxygens (including phenoxy) is 4. The van der Waals surface area contributed by atoms with Crippen molar-refractivity contribution < 1.29 is 28.5 Å². The molecule has 0 saturated carbocycles. The summed E-state index contributed by atoms with van der Waals surface area (Å²) in [4.78, 5) is 27.1. The van der Waals surface area contributed by atoms with E-state index >= 15 is 0 Å². The molecule has 6 N–H and O–H groups in total. The van der Waals surface area contributed by atoms with Crippen LogP contribution in [0.3, 0.4) is 0 Å². The third-order valence-corrected chi connectivity index (χ3v) is 5.23. The number of hydrogen-bond acceptors (Lipinski definition) is 8. The first kappa shape index (κ1) is 22.4. The minimum absolute atomic E-state index is 0.0476. The van der Waals surface area contributed by atoms with Crippen molar-refractivity contribution >= 4 is 23.5 Å². The number of carbonyl (C=O) groups excluding carboxylic acids is 2. The minimum atomic E-state index is -1.25. The summed E-state index contributed by atoms with van der Waals surface area (Å²) in [5.74, 6) is -3.71. The van der Waals surface area contributed by atoms with E-state index in [2.05, 4.69) is 0 Å². The maximum atomic E-state index is 12.3. The van der Waals surface area contributed by atoms with E-state index in [0.29, 0.717) is 0 Å². The van der Waals surface area contributed by atoms with Crippen LogP contribution in [0, 0.1) is 10.8 Å². The van der Waals surface area contributed by atoms with Gasteiger partial charge in [-0.3, -0.25) is 20.4 Å². The molecule has 3 aliphatic rings. The molecule has 168 valence electrons. The first-order chi connectivity index (χ1) is 13.8. The Kier molecular flexibility index (Phi) is 5.80. The second-order valence-electron chi connectivity index (χ2n) is 8.59. The summed E-state index contributed by atoms with van der Waals surface area (Å²) in [6.07, 6.45) is -0.940. The molecular formula is C18H30N6O6. The first-order valence-electron chi connectivity index (χ1n) is 9.73. The summed E-state index contributed by atoms with van der Waals surface area (Å²) in [6.45, 7) is 7.58. The Bertz CT molecular complexity index is 693. The van der Waals surface area contributed by atoms with Crippen molar-refractivity contribution in [2.24, 2.45) is 11.5 Å². The van der Waals surface area contributed by atoms with E-state index in [1.165, 1.54) is 9.80 Å². The summed E-state index contributed by atoms with van der Waals surface area (Å²) in [5.41, 5.74) is 11.2. The Hall–Kier alpha value is -2.28. The summed E-state index contributed by atoms with van der Waals surface area (Å²) < 4.78 is 22.6. The maximum absolute atomic E-state index is 12.3. The third-order valence-electron chi connectivity index (χ3n) is 5.23. The standard InChI is InChI=1S/C18H30N6O6/c1-17(2)27-7-9(29-17)5-23-11(15(21)25)14(20)24(12(13(23)19)16(22)26)6-10-8-28-18(3,4)30-10/h9-12,19-20H,5-8H2,1-4H3,(H2,21,25)(H2,22,26). The molecule has 0 aromatic heterocycles. The van der Waals surface area contributed by atoms with Crippen LogP contribution >= 0.6 is 0 Å². The number of amidine groups is 2. The molecule has 0 bridgehead atoms. The normalized spacial score (nSPS) is 33.2. The highest BCUT2D eigenvalue weighted by Crippen LogP contribution is 2.28. The lowest BCUT2D eigenvalue weighted by Crippen LogP contribution is -2.71. The van der Waals surface area contributed by atoms with Crippen LogP contribution in [0.1, 0.15) is 27.7 Å². The molecule has 2 amide bonds. The van der Waals surface area contributed by atoms with Crippen molar-refractivity contribution in [2.75, 3.05) is 26.3 Å². The highest BCUT2D eigenvalue weighted by Gasteiger charge is 2.49. The number of carbonyl (C=O) groups is 2. The fourth-order valence-electron chi connectivity index (χ4n) is 4.02. The van der Waals surface area contributed by atoms with Gasteiger partial charge in [0, 0.05) is 13.1 Å². The van der Waals surface area contributed by atoms with Crippen molar-refractivity contribution in [2.45, 2.75) is 63.6 Å². The third kappa shape index (κ3) is 4.41. The molecule has 3 rings (SSSR count). The summed E-state index contributed by atoms with van der Waals surface area (Å²) in [6, 6.07) is -2.51. The van der Waals surface area contributed by atoms with Gasteiger partial charge in [0.2, 0.25) is 11.8 Å². The van der Waals surface area contributed by atoms with Gasteiger partial charge in [0.05, 0.1) is 13.2 Å². The highest BCUT2D eigenvalue weighted by molar-refractivity contribution is 6.17. The van der Waals surface area contributed by atoms with Gasteiger partial charge >= 0.3 is 0 Å². The fourth-order valence-corrected chi connectivity index (χ4v) is 4.02. The monoisotopic (exact) mass is 426 g/mol. The van der Waals surface area contributed by atoms with Gasteiger partial charge in [-0.1, -0.05) is 0 Å². The van der Waals surface area contributed by atoms with Gasteiger partial charge in [-0.15, -0.1) is 0 Å². The SMILES string of the molecule is CC1(C)OCC(CN2C(=N)C(C(N)=O)N(CC3COC(C)(C)O3)C(=N)C2C(N)=O)O1. The number of nitrogens with two attached hydrogens (primary N) is 2. The van der Waals surface area contributed by atoms with Crippen molar-refractivity contribution in [3.63, 3.8) is 0 Å². The second kappa shape index (κ2) is 7.76. The van der Waals surface area contributed by atoms with Crippen LogP contribution < -0.4 is 11.5 Å². The molecule has 4 unspecified atom stereocenters. The van der Waals surface area contributed by atoms with Gasteiger partial charge in [-0.05, 0) is 27.7 Å². The molecule has 0 radical (unpaired) electrons. The average molecular weight is 426 g/mol. The van der Waals surface area contributed by atoms with Crippen LogP contribution in [0.15, 0.2) is 0 Å². The number of nitrogens with one attached hydrogen (secondary N) is 2. The van der Waals surface area contributed by atoms with Crippen LogP contribution in [-0.2, 0) is 28.5 Å². The fraction of sp³-hybridized carbons (Fsp3) is 0.778. The van der Waals surface area contributed by atoms with E-state index in [1.807, 2.05) is 0 Å². The predicted molar refractivity (Wildman–Crippen MR) is 105 cm³/mol. The smallest absolute Gasteiger partial charge is 0.248 e. The zero-order valence-electron chi connectivity index (χ0n) is 17.6. The molecule has 0 aromatic rings. The lowest BCUT2D eigenvalue weighted by atomic mass is 10.0. The number of rotatable bonds is 6. The molecule has 0 aliphatic carbocycles. The molecular weight excluding hydrogens is 396 g/mol. The summed E-state index contributed by atoms with van der Waals surface area (Å²) in [7, 11) is 0. The Labute approximate surface area is 174 Å². The zero-order chi connectivity index (χ0) is 22.4. The summed E-state index contributed by atoms with van der Waals surface area (Å²) >= 11 is 0. The highest BCUT2D eigenvalue weighted by atomic mass is 16.7. The van der Waals surface area contributed by atoms with E-state index in [-0.39, 0.29) is 38.0 Å². The number of nitrogens with zero attached hydrogens (tertiary/aromatic N) is 2. The molecule has 12 nitrogen and oxygen atoms in total. The average Bonchev–Trinajstić information content (AvgIpc) is 3.12. The van der Waals surface area contributed by atoms with Gasteiger partial charge in [-0.2, -0.15) is 0 Å². The topological polar surface area (TPSA) is 177 Å². The number of amides is 2. The van der Waals surface area contributed by atoms with Crippen LogP contribution in [-0.4, -0.2) is 95.5 Å². The number of primary amides is 2. The predicted octanol–water partition coefficient (Wildman–Crippen LogP) is -1.43. The van der Waals surface area contributed by atoms with E-state index in [9.17, 15) is 9.59 Å². The van der Waals surface area contributed by atoms with Crippen molar-refractivity contribution in [1.29, 1.82) is 10.8 Å². The van der Waals surface area contributed by atoms with Gasteiger partial charge in [-0.25, -0.2) is 0 Å². The molecule has 12 heteroatoms. The Morgan fingerprint density at radius 2 is 1.20 bits per heavy atom. The summed E-state index contributed by atoms with van der Waals surface area (Å²) in [5, 5.41) is 17.2. The van der Waals surface area contributed by atoms with Gasteiger partial charge in [0.25, 0.3) is 0 Å². The molecule has 4 atom stereocenters. The molecule has 3 fully saturated rings. The second-order valence-corrected chi connectivity index (χ2v) is 8.59. The Balaban J connectivity index is 1.85. The van der Waals surface area contributed by atoms with Crippen LogP contribution in [0.4, 0.5) is 0 Å². The van der Waals surface area contributed by atoms with Gasteiger partial charge in [0.15, 0.2) is 23.7 Å². The van der Waals surface area contributed by atoms with E-state index in [1.54, 1.807) is 27.7 Å². The van der Waals surface area contributed by atoms with Gasteiger partial charge < -0.3 is 40.2 Å². The lowest BCUT2D eigenvalue weighted by Gasteiger charge is -2.47.